The molecule has 2 rings (SSSR count). The molecule has 1 aliphatic heterocycles. The number of hydrogen-bond donors (Lipinski definition) is 1. The van der Waals surface area contributed by atoms with Crippen LogP contribution in [-0.2, 0) is 9.59 Å². The molecule has 2 amide bonds. The maximum Gasteiger partial charge on any atom is 0.225 e. The topological polar surface area (TPSA) is 49.4 Å². The average molecular weight is 252 g/mol. The van der Waals surface area contributed by atoms with E-state index >= 15 is 0 Å². The zero-order valence-corrected chi connectivity index (χ0v) is 11.3. The van der Waals surface area contributed by atoms with Crippen LogP contribution in [0.3, 0.4) is 0 Å². The second-order valence-electron chi connectivity index (χ2n) is 5.76. The van der Waals surface area contributed by atoms with Crippen molar-refractivity contribution in [2.45, 2.75) is 44.9 Å². The third-order valence-electron chi connectivity index (χ3n) is 4.27. The van der Waals surface area contributed by atoms with E-state index in [-0.39, 0.29) is 17.7 Å². The SMILES string of the molecule is CN1CC(C(=O)NCCCC2CCCC2)CC1=O. The van der Waals surface area contributed by atoms with Gasteiger partial charge in [0.25, 0.3) is 0 Å². The molecule has 1 unspecified atom stereocenters. The summed E-state index contributed by atoms with van der Waals surface area (Å²) in [7, 11) is 1.76. The van der Waals surface area contributed by atoms with Crippen LogP contribution in [0.5, 0.6) is 0 Å². The van der Waals surface area contributed by atoms with E-state index in [9.17, 15) is 9.59 Å². The summed E-state index contributed by atoms with van der Waals surface area (Å²) >= 11 is 0. The number of nitrogens with zero attached hydrogens (tertiary/aromatic N) is 1. The van der Waals surface area contributed by atoms with Crippen molar-refractivity contribution in [2.75, 3.05) is 20.1 Å². The van der Waals surface area contributed by atoms with Crippen LogP contribution < -0.4 is 5.32 Å². The van der Waals surface area contributed by atoms with Crippen molar-refractivity contribution in [1.29, 1.82) is 0 Å². The molecular weight excluding hydrogens is 228 g/mol. The lowest BCUT2D eigenvalue weighted by Crippen LogP contribution is -2.32. The highest BCUT2D eigenvalue weighted by molar-refractivity contribution is 5.89. The van der Waals surface area contributed by atoms with Gasteiger partial charge in [-0.3, -0.25) is 9.59 Å². The Morgan fingerprint density at radius 1 is 1.39 bits per heavy atom. The van der Waals surface area contributed by atoms with Crippen molar-refractivity contribution in [3.63, 3.8) is 0 Å². The van der Waals surface area contributed by atoms with Gasteiger partial charge in [0.2, 0.25) is 11.8 Å². The molecule has 0 aromatic rings. The van der Waals surface area contributed by atoms with E-state index in [4.69, 9.17) is 0 Å². The molecule has 1 atom stereocenters. The molecule has 0 aromatic heterocycles. The Labute approximate surface area is 109 Å². The van der Waals surface area contributed by atoms with E-state index < -0.39 is 0 Å². The van der Waals surface area contributed by atoms with E-state index in [1.54, 1.807) is 11.9 Å². The van der Waals surface area contributed by atoms with E-state index in [2.05, 4.69) is 5.32 Å². The Morgan fingerprint density at radius 2 is 2.11 bits per heavy atom. The normalized spacial score (nSPS) is 24.8. The summed E-state index contributed by atoms with van der Waals surface area (Å²) in [6.45, 7) is 1.34. The van der Waals surface area contributed by atoms with Crippen LogP contribution in [0.4, 0.5) is 0 Å². The van der Waals surface area contributed by atoms with Crippen molar-refractivity contribution in [2.24, 2.45) is 11.8 Å². The van der Waals surface area contributed by atoms with Gasteiger partial charge < -0.3 is 10.2 Å². The third kappa shape index (κ3) is 3.47. The predicted octanol–water partition coefficient (Wildman–Crippen LogP) is 1.55. The first kappa shape index (κ1) is 13.4. The standard InChI is InChI=1S/C14H24N2O2/c1-16-10-12(9-13(16)17)14(18)15-8-4-7-11-5-2-3-6-11/h11-12H,2-10H2,1H3,(H,15,18). The van der Waals surface area contributed by atoms with Gasteiger partial charge in [0.05, 0.1) is 5.92 Å². The summed E-state index contributed by atoms with van der Waals surface area (Å²) in [5.74, 6) is 0.898. The highest BCUT2D eigenvalue weighted by Crippen LogP contribution is 2.28. The number of carbonyl (C=O) groups is 2. The minimum Gasteiger partial charge on any atom is -0.356 e. The Morgan fingerprint density at radius 3 is 2.72 bits per heavy atom. The quantitative estimate of drug-likeness (QED) is 0.755. The highest BCUT2D eigenvalue weighted by atomic mass is 16.2. The Kier molecular flexibility index (Phi) is 4.61. The van der Waals surface area contributed by atoms with Crippen LogP contribution in [0.2, 0.25) is 0 Å². The number of hydrogen-bond acceptors (Lipinski definition) is 2. The largest absolute Gasteiger partial charge is 0.356 e. The van der Waals surface area contributed by atoms with E-state index in [1.807, 2.05) is 0 Å². The molecule has 1 heterocycles. The molecular formula is C14H24N2O2. The van der Waals surface area contributed by atoms with Gasteiger partial charge >= 0.3 is 0 Å². The summed E-state index contributed by atoms with van der Waals surface area (Å²) < 4.78 is 0. The molecule has 0 bridgehead atoms. The van der Waals surface area contributed by atoms with Crippen molar-refractivity contribution < 1.29 is 9.59 Å². The monoisotopic (exact) mass is 252 g/mol. The molecule has 0 spiro atoms. The van der Waals surface area contributed by atoms with Crippen LogP contribution in [0.25, 0.3) is 0 Å². The van der Waals surface area contributed by atoms with E-state index in [0.29, 0.717) is 13.0 Å². The third-order valence-corrected chi connectivity index (χ3v) is 4.27. The molecule has 1 aliphatic carbocycles. The Bertz CT molecular complexity index is 311. The van der Waals surface area contributed by atoms with Crippen LogP contribution >= 0.6 is 0 Å². The van der Waals surface area contributed by atoms with Gasteiger partial charge in [-0.05, 0) is 18.8 Å². The second-order valence-corrected chi connectivity index (χ2v) is 5.76. The van der Waals surface area contributed by atoms with Gasteiger partial charge in [-0.15, -0.1) is 0 Å². The lowest BCUT2D eigenvalue weighted by atomic mass is 10.0. The summed E-state index contributed by atoms with van der Waals surface area (Å²) in [6.07, 6.45) is 8.20. The highest BCUT2D eigenvalue weighted by Gasteiger charge is 2.31. The minimum atomic E-state index is -0.131. The minimum absolute atomic E-state index is 0.0547. The molecule has 0 radical (unpaired) electrons. The molecule has 102 valence electrons. The number of rotatable bonds is 5. The number of carbonyl (C=O) groups excluding carboxylic acids is 2. The molecule has 4 nitrogen and oxygen atoms in total. The van der Waals surface area contributed by atoms with Gasteiger partial charge in [-0.2, -0.15) is 0 Å². The summed E-state index contributed by atoms with van der Waals surface area (Å²) in [6, 6.07) is 0. The van der Waals surface area contributed by atoms with Crippen molar-refractivity contribution >= 4 is 11.8 Å². The van der Waals surface area contributed by atoms with Crippen LogP contribution in [0, 0.1) is 11.8 Å². The van der Waals surface area contributed by atoms with Gasteiger partial charge in [-0.1, -0.05) is 25.7 Å². The lowest BCUT2D eigenvalue weighted by molar-refractivity contribution is -0.128. The van der Waals surface area contributed by atoms with Crippen molar-refractivity contribution in [3.05, 3.63) is 0 Å². The molecule has 1 saturated carbocycles. The van der Waals surface area contributed by atoms with Crippen LogP contribution in [0.15, 0.2) is 0 Å². The zero-order chi connectivity index (χ0) is 13.0. The fraction of sp³-hybridized carbons (Fsp3) is 0.857. The Hall–Kier alpha value is -1.06. The van der Waals surface area contributed by atoms with E-state index in [0.717, 1.165) is 18.9 Å². The summed E-state index contributed by atoms with van der Waals surface area (Å²) in [4.78, 5) is 24.8. The average Bonchev–Trinajstić information content (AvgIpc) is 2.96. The second kappa shape index (κ2) is 6.21. The molecule has 2 fully saturated rings. The molecule has 4 heteroatoms. The van der Waals surface area contributed by atoms with Crippen LogP contribution in [-0.4, -0.2) is 36.9 Å². The van der Waals surface area contributed by atoms with Crippen LogP contribution in [0.1, 0.15) is 44.9 Å². The maximum atomic E-state index is 11.8. The summed E-state index contributed by atoms with van der Waals surface area (Å²) in [5.41, 5.74) is 0. The first-order valence-corrected chi connectivity index (χ1v) is 7.18. The first-order chi connectivity index (χ1) is 8.66. The first-order valence-electron chi connectivity index (χ1n) is 7.18. The molecule has 18 heavy (non-hydrogen) atoms. The fourth-order valence-electron chi connectivity index (χ4n) is 3.08. The lowest BCUT2D eigenvalue weighted by Gasteiger charge is -2.12. The van der Waals surface area contributed by atoms with Gasteiger partial charge in [-0.25, -0.2) is 0 Å². The fourth-order valence-corrected chi connectivity index (χ4v) is 3.08. The van der Waals surface area contributed by atoms with Gasteiger partial charge in [0, 0.05) is 26.6 Å². The Balaban J connectivity index is 1.58. The zero-order valence-electron chi connectivity index (χ0n) is 11.3. The molecule has 1 N–H and O–H groups in total. The number of nitrogens with one attached hydrogen (secondary N) is 1. The number of amides is 2. The molecule has 2 aliphatic rings. The predicted molar refractivity (Wildman–Crippen MR) is 69.9 cm³/mol. The smallest absolute Gasteiger partial charge is 0.225 e. The number of likely N-dealkylation sites (tertiary alicyclic amines) is 1. The van der Waals surface area contributed by atoms with Crippen molar-refractivity contribution in [1.82, 2.24) is 10.2 Å². The van der Waals surface area contributed by atoms with Crippen molar-refractivity contribution in [3.8, 4) is 0 Å². The van der Waals surface area contributed by atoms with Gasteiger partial charge in [0.1, 0.15) is 0 Å². The molecule has 0 aromatic carbocycles. The molecule has 1 saturated heterocycles. The van der Waals surface area contributed by atoms with E-state index in [1.165, 1.54) is 32.1 Å². The van der Waals surface area contributed by atoms with Gasteiger partial charge in [0.15, 0.2) is 0 Å². The maximum absolute atomic E-state index is 11.8. The summed E-state index contributed by atoms with van der Waals surface area (Å²) in [5, 5.41) is 2.97.